The Morgan fingerprint density at radius 1 is 1.43 bits per heavy atom. The summed E-state index contributed by atoms with van der Waals surface area (Å²) in [4.78, 5) is 4.24. The molecule has 0 bridgehead atoms. The third-order valence-electron chi connectivity index (χ3n) is 2.36. The lowest BCUT2D eigenvalue weighted by atomic mass is 10.1. The highest BCUT2D eigenvalue weighted by atomic mass is 16.5. The maximum absolute atomic E-state index is 5.86. The highest BCUT2D eigenvalue weighted by Crippen LogP contribution is 2.30. The van der Waals surface area contributed by atoms with E-state index in [1.807, 2.05) is 25.1 Å². The van der Waals surface area contributed by atoms with Gasteiger partial charge in [-0.1, -0.05) is 6.07 Å². The molecule has 1 heterocycles. The van der Waals surface area contributed by atoms with Gasteiger partial charge in [0.15, 0.2) is 0 Å². The zero-order chi connectivity index (χ0) is 10.1. The minimum absolute atomic E-state index is 0.656. The molecule has 2 rings (SSSR count). The van der Waals surface area contributed by atoms with Crippen LogP contribution in [0.4, 0.5) is 5.69 Å². The van der Waals surface area contributed by atoms with Crippen molar-refractivity contribution >= 4 is 16.6 Å². The Labute approximate surface area is 82.5 Å². The topological polar surface area (TPSA) is 48.1 Å². The molecule has 2 N–H and O–H groups in total. The summed E-state index contributed by atoms with van der Waals surface area (Å²) in [5.74, 6) is 0.808. The Kier molecular flexibility index (Phi) is 2.00. The van der Waals surface area contributed by atoms with Crippen LogP contribution in [0.25, 0.3) is 10.9 Å². The minimum Gasteiger partial charge on any atom is -0.496 e. The molecule has 3 heteroatoms. The quantitative estimate of drug-likeness (QED) is 0.697. The van der Waals surface area contributed by atoms with E-state index in [4.69, 9.17) is 10.5 Å². The van der Waals surface area contributed by atoms with Gasteiger partial charge in [0, 0.05) is 23.2 Å². The number of nitrogens with zero attached hydrogens (tertiary/aromatic N) is 1. The first-order chi connectivity index (χ1) is 6.74. The van der Waals surface area contributed by atoms with E-state index >= 15 is 0 Å². The van der Waals surface area contributed by atoms with Crippen LogP contribution in [-0.4, -0.2) is 12.1 Å². The third-order valence-corrected chi connectivity index (χ3v) is 2.36. The third kappa shape index (κ3) is 1.18. The van der Waals surface area contributed by atoms with Crippen LogP contribution in [0.1, 0.15) is 5.56 Å². The monoisotopic (exact) mass is 188 g/mol. The van der Waals surface area contributed by atoms with Crippen LogP contribution < -0.4 is 10.5 Å². The molecule has 0 unspecified atom stereocenters. The number of aryl methyl sites for hydroxylation is 1. The molecule has 3 nitrogen and oxygen atoms in total. The number of ether oxygens (including phenoxy) is 1. The van der Waals surface area contributed by atoms with Gasteiger partial charge in [0.25, 0.3) is 0 Å². The molecule has 1 aromatic carbocycles. The molecule has 0 aliphatic heterocycles. The van der Waals surface area contributed by atoms with Crippen LogP contribution in [-0.2, 0) is 0 Å². The number of methoxy groups -OCH3 is 1. The van der Waals surface area contributed by atoms with Gasteiger partial charge in [0.1, 0.15) is 5.75 Å². The molecule has 14 heavy (non-hydrogen) atoms. The zero-order valence-corrected chi connectivity index (χ0v) is 8.24. The number of fused-ring (bicyclic) bond motifs is 1. The number of rotatable bonds is 1. The van der Waals surface area contributed by atoms with Crippen molar-refractivity contribution < 1.29 is 4.74 Å². The van der Waals surface area contributed by atoms with Crippen molar-refractivity contribution in [1.29, 1.82) is 0 Å². The SMILES string of the molecule is COc1cc(N)c2ncccc2c1C. The predicted molar refractivity (Wildman–Crippen MR) is 57.4 cm³/mol. The van der Waals surface area contributed by atoms with E-state index in [0.29, 0.717) is 5.69 Å². The number of aromatic nitrogens is 1. The number of hydrogen-bond acceptors (Lipinski definition) is 3. The lowest BCUT2D eigenvalue weighted by Gasteiger charge is -2.09. The van der Waals surface area contributed by atoms with Crippen molar-refractivity contribution in [2.75, 3.05) is 12.8 Å². The van der Waals surface area contributed by atoms with Crippen molar-refractivity contribution in [3.8, 4) is 5.75 Å². The molecule has 0 radical (unpaired) electrons. The van der Waals surface area contributed by atoms with Crippen molar-refractivity contribution in [2.24, 2.45) is 0 Å². The smallest absolute Gasteiger partial charge is 0.124 e. The first kappa shape index (κ1) is 8.81. The van der Waals surface area contributed by atoms with Crippen molar-refractivity contribution in [3.63, 3.8) is 0 Å². The Hall–Kier alpha value is -1.77. The lowest BCUT2D eigenvalue weighted by molar-refractivity contribution is 0.412. The van der Waals surface area contributed by atoms with Crippen LogP contribution in [0, 0.1) is 6.92 Å². The number of nitrogens with two attached hydrogens (primary N) is 1. The second kappa shape index (κ2) is 3.18. The summed E-state index contributed by atoms with van der Waals surface area (Å²) < 4.78 is 5.23. The van der Waals surface area contributed by atoms with Gasteiger partial charge in [-0.15, -0.1) is 0 Å². The molecule has 1 aromatic heterocycles. The maximum atomic E-state index is 5.86. The lowest BCUT2D eigenvalue weighted by Crippen LogP contribution is -1.95. The van der Waals surface area contributed by atoms with E-state index in [1.165, 1.54) is 0 Å². The van der Waals surface area contributed by atoms with E-state index in [9.17, 15) is 0 Å². The summed E-state index contributed by atoms with van der Waals surface area (Å²) in [6.45, 7) is 2.00. The molecular weight excluding hydrogens is 176 g/mol. The van der Waals surface area contributed by atoms with Crippen molar-refractivity contribution in [3.05, 3.63) is 30.0 Å². The van der Waals surface area contributed by atoms with Crippen LogP contribution >= 0.6 is 0 Å². The summed E-state index contributed by atoms with van der Waals surface area (Å²) in [7, 11) is 1.64. The molecule has 72 valence electrons. The number of anilines is 1. The summed E-state index contributed by atoms with van der Waals surface area (Å²) in [6.07, 6.45) is 1.74. The fraction of sp³-hybridized carbons (Fsp3) is 0.182. The fourth-order valence-electron chi connectivity index (χ4n) is 1.60. The minimum atomic E-state index is 0.656. The van der Waals surface area contributed by atoms with Crippen LogP contribution in [0.15, 0.2) is 24.4 Å². The average Bonchev–Trinajstić information content (AvgIpc) is 2.23. The molecule has 0 aliphatic rings. The second-order valence-corrected chi connectivity index (χ2v) is 3.19. The van der Waals surface area contributed by atoms with Crippen LogP contribution in [0.2, 0.25) is 0 Å². The maximum Gasteiger partial charge on any atom is 0.124 e. The van der Waals surface area contributed by atoms with Crippen LogP contribution in [0.3, 0.4) is 0 Å². The van der Waals surface area contributed by atoms with Gasteiger partial charge in [0.2, 0.25) is 0 Å². The summed E-state index contributed by atoms with van der Waals surface area (Å²) >= 11 is 0. The summed E-state index contributed by atoms with van der Waals surface area (Å²) in [5, 5.41) is 1.05. The molecule has 0 aliphatic carbocycles. The Morgan fingerprint density at radius 2 is 2.21 bits per heavy atom. The number of hydrogen-bond donors (Lipinski definition) is 1. The molecule has 0 saturated carbocycles. The molecular formula is C11H12N2O. The van der Waals surface area contributed by atoms with E-state index in [0.717, 1.165) is 22.2 Å². The second-order valence-electron chi connectivity index (χ2n) is 3.19. The summed E-state index contributed by atoms with van der Waals surface area (Å²) in [6, 6.07) is 5.70. The standard InChI is InChI=1S/C11H12N2O/c1-7-8-4-3-5-13-11(8)9(12)6-10(7)14-2/h3-6H,12H2,1-2H3. The Morgan fingerprint density at radius 3 is 2.93 bits per heavy atom. The molecule has 0 fully saturated rings. The van der Waals surface area contributed by atoms with Crippen molar-refractivity contribution in [1.82, 2.24) is 4.98 Å². The Balaban J connectivity index is 2.87. The first-order valence-corrected chi connectivity index (χ1v) is 4.42. The molecule has 2 aromatic rings. The van der Waals surface area contributed by atoms with Gasteiger partial charge in [0.05, 0.1) is 18.3 Å². The number of pyridine rings is 1. The highest BCUT2D eigenvalue weighted by molar-refractivity contribution is 5.93. The molecule has 0 amide bonds. The van der Waals surface area contributed by atoms with E-state index in [1.54, 1.807) is 13.3 Å². The van der Waals surface area contributed by atoms with Gasteiger partial charge in [-0.3, -0.25) is 4.98 Å². The van der Waals surface area contributed by atoms with Gasteiger partial charge in [-0.25, -0.2) is 0 Å². The van der Waals surface area contributed by atoms with Gasteiger partial charge >= 0.3 is 0 Å². The largest absolute Gasteiger partial charge is 0.496 e. The fourth-order valence-corrected chi connectivity index (χ4v) is 1.60. The van der Waals surface area contributed by atoms with E-state index in [2.05, 4.69) is 4.98 Å². The van der Waals surface area contributed by atoms with E-state index in [-0.39, 0.29) is 0 Å². The van der Waals surface area contributed by atoms with Gasteiger partial charge in [-0.05, 0) is 13.0 Å². The number of nitrogen functional groups attached to an aromatic ring is 1. The predicted octanol–water partition coefficient (Wildman–Crippen LogP) is 2.13. The highest BCUT2D eigenvalue weighted by Gasteiger charge is 2.07. The molecule has 0 spiro atoms. The van der Waals surface area contributed by atoms with Gasteiger partial charge in [-0.2, -0.15) is 0 Å². The van der Waals surface area contributed by atoms with Gasteiger partial charge < -0.3 is 10.5 Å². The van der Waals surface area contributed by atoms with Crippen molar-refractivity contribution in [2.45, 2.75) is 6.92 Å². The van der Waals surface area contributed by atoms with E-state index < -0.39 is 0 Å². The zero-order valence-electron chi connectivity index (χ0n) is 8.24. The van der Waals surface area contributed by atoms with Crippen LogP contribution in [0.5, 0.6) is 5.75 Å². The summed E-state index contributed by atoms with van der Waals surface area (Å²) in [5.41, 5.74) is 8.43. The first-order valence-electron chi connectivity index (χ1n) is 4.42. The molecule has 0 saturated heterocycles. The Bertz CT molecular complexity index is 480. The average molecular weight is 188 g/mol. The number of benzene rings is 1. The molecule has 0 atom stereocenters. The normalized spacial score (nSPS) is 10.4.